The molecule has 0 aromatic heterocycles. The highest BCUT2D eigenvalue weighted by Crippen LogP contribution is 2.28. The molecule has 4 heteroatoms. The van der Waals surface area contributed by atoms with Crippen LogP contribution < -0.4 is 0 Å². The van der Waals surface area contributed by atoms with E-state index in [1.807, 2.05) is 9.80 Å². The minimum absolute atomic E-state index is 0.237. The Kier molecular flexibility index (Phi) is 4.25. The van der Waals surface area contributed by atoms with Crippen molar-refractivity contribution in [3.63, 3.8) is 0 Å². The number of carbonyl (C=O) groups excluding carboxylic acids is 2. The topological polar surface area (TPSA) is 40.6 Å². The van der Waals surface area contributed by atoms with Crippen LogP contribution in [0.25, 0.3) is 0 Å². The summed E-state index contributed by atoms with van der Waals surface area (Å²) in [5.74, 6) is 1.24. The summed E-state index contributed by atoms with van der Waals surface area (Å²) in [6, 6.07) is 0. The van der Waals surface area contributed by atoms with E-state index in [2.05, 4.69) is 13.8 Å². The van der Waals surface area contributed by atoms with Crippen LogP contribution in [0.2, 0.25) is 0 Å². The first-order chi connectivity index (χ1) is 8.58. The van der Waals surface area contributed by atoms with E-state index in [0.717, 1.165) is 25.9 Å². The first kappa shape index (κ1) is 13.4. The molecule has 2 fully saturated rings. The summed E-state index contributed by atoms with van der Waals surface area (Å²) < 4.78 is 0. The minimum atomic E-state index is 0.237. The summed E-state index contributed by atoms with van der Waals surface area (Å²) >= 11 is 0. The predicted molar refractivity (Wildman–Crippen MR) is 70.0 cm³/mol. The zero-order chi connectivity index (χ0) is 13.1. The standard InChI is InChI=1S/C14H24N2O2/c1-11(2)10-13(17)15-6-8-16(9-7-15)14(18)12-4-3-5-12/h11-12H,3-10H2,1-2H3. The van der Waals surface area contributed by atoms with Crippen molar-refractivity contribution in [1.82, 2.24) is 9.80 Å². The van der Waals surface area contributed by atoms with Crippen LogP contribution in [-0.4, -0.2) is 47.8 Å². The predicted octanol–water partition coefficient (Wildman–Crippen LogP) is 1.50. The average molecular weight is 252 g/mol. The van der Waals surface area contributed by atoms with Gasteiger partial charge in [-0.2, -0.15) is 0 Å². The monoisotopic (exact) mass is 252 g/mol. The van der Waals surface area contributed by atoms with E-state index in [1.54, 1.807) is 0 Å². The lowest BCUT2D eigenvalue weighted by atomic mass is 9.84. The summed E-state index contributed by atoms with van der Waals surface area (Å²) in [5.41, 5.74) is 0. The Morgan fingerprint density at radius 1 is 1.06 bits per heavy atom. The highest BCUT2D eigenvalue weighted by Gasteiger charge is 2.31. The van der Waals surface area contributed by atoms with Gasteiger partial charge in [-0.3, -0.25) is 9.59 Å². The van der Waals surface area contributed by atoms with E-state index in [4.69, 9.17) is 0 Å². The Hall–Kier alpha value is -1.06. The van der Waals surface area contributed by atoms with Gasteiger partial charge in [0, 0.05) is 38.5 Å². The normalized spacial score (nSPS) is 21.1. The van der Waals surface area contributed by atoms with E-state index >= 15 is 0 Å². The molecule has 1 saturated heterocycles. The van der Waals surface area contributed by atoms with Crippen LogP contribution in [0.15, 0.2) is 0 Å². The molecule has 1 aliphatic carbocycles. The number of carbonyl (C=O) groups is 2. The molecular formula is C14H24N2O2. The van der Waals surface area contributed by atoms with Crippen LogP contribution in [0.5, 0.6) is 0 Å². The third kappa shape index (κ3) is 3.03. The molecule has 18 heavy (non-hydrogen) atoms. The maximum Gasteiger partial charge on any atom is 0.225 e. The molecule has 2 rings (SSSR count). The van der Waals surface area contributed by atoms with Crippen molar-refractivity contribution in [2.24, 2.45) is 11.8 Å². The van der Waals surface area contributed by atoms with E-state index in [-0.39, 0.29) is 11.8 Å². The summed E-state index contributed by atoms with van der Waals surface area (Å²) in [7, 11) is 0. The molecule has 0 unspecified atom stereocenters. The van der Waals surface area contributed by atoms with E-state index < -0.39 is 0 Å². The molecule has 0 atom stereocenters. The van der Waals surface area contributed by atoms with Crippen molar-refractivity contribution in [3.8, 4) is 0 Å². The third-order valence-electron chi connectivity index (χ3n) is 3.98. The van der Waals surface area contributed by atoms with Crippen molar-refractivity contribution < 1.29 is 9.59 Å². The zero-order valence-electron chi connectivity index (χ0n) is 11.5. The number of rotatable bonds is 3. The van der Waals surface area contributed by atoms with Crippen LogP contribution in [0.1, 0.15) is 39.5 Å². The van der Waals surface area contributed by atoms with Gasteiger partial charge in [-0.15, -0.1) is 0 Å². The summed E-state index contributed by atoms with van der Waals surface area (Å²) in [4.78, 5) is 27.8. The molecule has 2 aliphatic rings. The van der Waals surface area contributed by atoms with Crippen LogP contribution in [0.4, 0.5) is 0 Å². The average Bonchev–Trinajstić information content (AvgIpc) is 2.26. The molecule has 1 saturated carbocycles. The molecule has 0 N–H and O–H groups in total. The Labute approximate surface area is 109 Å². The van der Waals surface area contributed by atoms with Crippen molar-refractivity contribution >= 4 is 11.8 Å². The molecule has 0 radical (unpaired) electrons. The second kappa shape index (κ2) is 5.72. The number of nitrogens with zero attached hydrogens (tertiary/aromatic N) is 2. The number of amides is 2. The second-order valence-electron chi connectivity index (χ2n) is 5.93. The molecule has 102 valence electrons. The fraction of sp³-hybridized carbons (Fsp3) is 0.857. The quantitative estimate of drug-likeness (QED) is 0.764. The Balaban J connectivity index is 1.77. The molecule has 1 aliphatic heterocycles. The van der Waals surface area contributed by atoms with E-state index in [0.29, 0.717) is 31.3 Å². The maximum absolute atomic E-state index is 12.1. The lowest BCUT2D eigenvalue weighted by molar-refractivity contribution is -0.144. The van der Waals surface area contributed by atoms with Crippen molar-refractivity contribution in [1.29, 1.82) is 0 Å². The van der Waals surface area contributed by atoms with Crippen LogP contribution >= 0.6 is 0 Å². The summed E-state index contributed by atoms with van der Waals surface area (Å²) in [5, 5.41) is 0. The van der Waals surface area contributed by atoms with Gasteiger partial charge in [0.25, 0.3) is 0 Å². The molecule has 0 aromatic rings. The van der Waals surface area contributed by atoms with Crippen molar-refractivity contribution in [3.05, 3.63) is 0 Å². The van der Waals surface area contributed by atoms with E-state index in [9.17, 15) is 9.59 Å². The number of hydrogen-bond donors (Lipinski definition) is 0. The highest BCUT2D eigenvalue weighted by atomic mass is 16.2. The van der Waals surface area contributed by atoms with Gasteiger partial charge in [-0.05, 0) is 18.8 Å². The number of piperazine rings is 1. The molecule has 1 heterocycles. The first-order valence-electron chi connectivity index (χ1n) is 7.14. The lowest BCUT2D eigenvalue weighted by Crippen LogP contribution is -2.52. The van der Waals surface area contributed by atoms with Gasteiger partial charge in [0.05, 0.1) is 0 Å². The fourth-order valence-electron chi connectivity index (χ4n) is 2.57. The minimum Gasteiger partial charge on any atom is -0.339 e. The molecule has 0 spiro atoms. The SMILES string of the molecule is CC(C)CC(=O)N1CCN(C(=O)C2CCC2)CC1. The van der Waals surface area contributed by atoms with Gasteiger partial charge in [-0.1, -0.05) is 20.3 Å². The smallest absolute Gasteiger partial charge is 0.225 e. The van der Waals surface area contributed by atoms with Gasteiger partial charge in [0.15, 0.2) is 0 Å². The van der Waals surface area contributed by atoms with E-state index in [1.165, 1.54) is 6.42 Å². The molecular weight excluding hydrogens is 228 g/mol. The second-order valence-corrected chi connectivity index (χ2v) is 5.93. The molecule has 4 nitrogen and oxygen atoms in total. The maximum atomic E-state index is 12.1. The van der Waals surface area contributed by atoms with Crippen molar-refractivity contribution in [2.75, 3.05) is 26.2 Å². The van der Waals surface area contributed by atoms with Gasteiger partial charge < -0.3 is 9.80 Å². The van der Waals surface area contributed by atoms with Crippen LogP contribution in [0, 0.1) is 11.8 Å². The third-order valence-corrected chi connectivity index (χ3v) is 3.98. The van der Waals surface area contributed by atoms with Crippen molar-refractivity contribution in [2.45, 2.75) is 39.5 Å². The van der Waals surface area contributed by atoms with Gasteiger partial charge in [0.1, 0.15) is 0 Å². The first-order valence-corrected chi connectivity index (χ1v) is 7.14. The lowest BCUT2D eigenvalue weighted by Gasteiger charge is -2.38. The summed E-state index contributed by atoms with van der Waals surface area (Å²) in [6.07, 6.45) is 3.94. The van der Waals surface area contributed by atoms with Gasteiger partial charge in [-0.25, -0.2) is 0 Å². The molecule has 2 amide bonds. The number of hydrogen-bond acceptors (Lipinski definition) is 2. The highest BCUT2D eigenvalue weighted by molar-refractivity contribution is 5.80. The van der Waals surface area contributed by atoms with Gasteiger partial charge in [0.2, 0.25) is 11.8 Å². The zero-order valence-corrected chi connectivity index (χ0v) is 11.5. The summed E-state index contributed by atoms with van der Waals surface area (Å²) in [6.45, 7) is 6.99. The largest absolute Gasteiger partial charge is 0.339 e. The van der Waals surface area contributed by atoms with Crippen LogP contribution in [0.3, 0.4) is 0 Å². The van der Waals surface area contributed by atoms with Gasteiger partial charge >= 0.3 is 0 Å². The molecule has 0 aromatic carbocycles. The Bertz CT molecular complexity index is 316. The molecule has 0 bridgehead atoms. The Morgan fingerprint density at radius 2 is 1.61 bits per heavy atom. The Morgan fingerprint density at radius 3 is 2.06 bits per heavy atom. The fourth-order valence-corrected chi connectivity index (χ4v) is 2.57. The van der Waals surface area contributed by atoms with Crippen LogP contribution in [-0.2, 0) is 9.59 Å².